The zero-order chi connectivity index (χ0) is 13.8. The lowest BCUT2D eigenvalue weighted by atomic mass is 9.88. The molecular formula is C15H22F2N2. The monoisotopic (exact) mass is 268 g/mol. The van der Waals surface area contributed by atoms with Gasteiger partial charge in [-0.05, 0) is 43.5 Å². The molecule has 0 aliphatic carbocycles. The van der Waals surface area contributed by atoms with Crippen molar-refractivity contribution in [2.24, 2.45) is 11.7 Å². The second-order valence-corrected chi connectivity index (χ2v) is 5.39. The van der Waals surface area contributed by atoms with Crippen LogP contribution in [0.4, 0.5) is 8.78 Å². The largest absolute Gasteiger partial charge is 0.329 e. The van der Waals surface area contributed by atoms with E-state index in [0.717, 1.165) is 25.5 Å². The molecule has 0 aromatic heterocycles. The minimum atomic E-state index is -0.385. The topological polar surface area (TPSA) is 29.3 Å². The minimum absolute atomic E-state index is 0.279. The lowest BCUT2D eigenvalue weighted by molar-refractivity contribution is 0.106. The van der Waals surface area contributed by atoms with Crippen molar-refractivity contribution < 1.29 is 8.78 Å². The van der Waals surface area contributed by atoms with Gasteiger partial charge >= 0.3 is 0 Å². The molecule has 0 amide bonds. The van der Waals surface area contributed by atoms with Crippen molar-refractivity contribution in [1.29, 1.82) is 0 Å². The summed E-state index contributed by atoms with van der Waals surface area (Å²) in [6.45, 7) is 4.13. The molecule has 0 saturated carbocycles. The van der Waals surface area contributed by atoms with Crippen LogP contribution in [-0.4, -0.2) is 24.0 Å². The van der Waals surface area contributed by atoms with E-state index < -0.39 is 0 Å². The Morgan fingerprint density at radius 2 is 2.16 bits per heavy atom. The first-order chi connectivity index (χ1) is 9.13. The molecule has 2 atom stereocenters. The number of nitrogens with two attached hydrogens (primary N) is 1. The average Bonchev–Trinajstić information content (AvgIpc) is 2.43. The van der Waals surface area contributed by atoms with Gasteiger partial charge in [0.15, 0.2) is 0 Å². The summed E-state index contributed by atoms with van der Waals surface area (Å²) in [5.41, 5.74) is 6.25. The predicted molar refractivity (Wildman–Crippen MR) is 72.6 cm³/mol. The fourth-order valence-corrected chi connectivity index (χ4v) is 2.89. The summed E-state index contributed by atoms with van der Waals surface area (Å²) in [6, 6.07) is 3.92. The van der Waals surface area contributed by atoms with Gasteiger partial charge in [0.2, 0.25) is 0 Å². The number of likely N-dealkylation sites (tertiary alicyclic amines) is 1. The maximum absolute atomic E-state index is 13.7. The zero-order valence-electron chi connectivity index (χ0n) is 11.4. The number of hydrogen-bond donors (Lipinski definition) is 1. The van der Waals surface area contributed by atoms with E-state index in [0.29, 0.717) is 24.6 Å². The highest BCUT2D eigenvalue weighted by molar-refractivity contribution is 5.18. The zero-order valence-corrected chi connectivity index (χ0v) is 11.4. The fraction of sp³-hybridized carbons (Fsp3) is 0.600. The molecular weight excluding hydrogens is 246 g/mol. The highest BCUT2D eigenvalue weighted by Gasteiger charge is 2.27. The van der Waals surface area contributed by atoms with Crippen LogP contribution in [0.1, 0.15) is 31.7 Å². The van der Waals surface area contributed by atoms with Crippen LogP contribution in [-0.2, 0) is 6.54 Å². The summed E-state index contributed by atoms with van der Waals surface area (Å²) in [5, 5.41) is 0. The number of halogens is 2. The van der Waals surface area contributed by atoms with E-state index in [9.17, 15) is 8.78 Å². The Balaban J connectivity index is 2.07. The van der Waals surface area contributed by atoms with Crippen LogP contribution in [0.3, 0.4) is 0 Å². The quantitative estimate of drug-likeness (QED) is 0.909. The smallest absolute Gasteiger partial charge is 0.127 e. The molecule has 0 radical (unpaired) electrons. The molecule has 0 bridgehead atoms. The summed E-state index contributed by atoms with van der Waals surface area (Å²) in [6.07, 6.45) is 3.34. The summed E-state index contributed by atoms with van der Waals surface area (Å²) in [4.78, 5) is 2.18. The Kier molecular flexibility index (Phi) is 4.88. The fourth-order valence-electron chi connectivity index (χ4n) is 2.89. The summed E-state index contributed by atoms with van der Waals surface area (Å²) >= 11 is 0. The Morgan fingerprint density at radius 3 is 2.84 bits per heavy atom. The average molecular weight is 268 g/mol. The SMILES string of the molecule is CCC1CCN(Cc2cc(F)ccc2F)C(CN)C1. The molecule has 1 aromatic carbocycles. The highest BCUT2D eigenvalue weighted by Crippen LogP contribution is 2.26. The molecule has 4 heteroatoms. The van der Waals surface area contributed by atoms with Crippen molar-refractivity contribution in [3.63, 3.8) is 0 Å². The van der Waals surface area contributed by atoms with Crippen molar-refractivity contribution in [2.75, 3.05) is 13.1 Å². The highest BCUT2D eigenvalue weighted by atomic mass is 19.1. The second kappa shape index (κ2) is 6.44. The maximum atomic E-state index is 13.7. The molecule has 1 heterocycles. The third kappa shape index (κ3) is 3.51. The molecule has 19 heavy (non-hydrogen) atoms. The van der Waals surface area contributed by atoms with E-state index >= 15 is 0 Å². The first-order valence-corrected chi connectivity index (χ1v) is 7.02. The Labute approximate surface area is 113 Å². The van der Waals surface area contributed by atoms with Crippen molar-refractivity contribution in [3.05, 3.63) is 35.4 Å². The van der Waals surface area contributed by atoms with Gasteiger partial charge in [-0.1, -0.05) is 13.3 Å². The summed E-state index contributed by atoms with van der Waals surface area (Å²) in [5.74, 6) is -0.0129. The first kappa shape index (κ1) is 14.4. The van der Waals surface area contributed by atoms with Gasteiger partial charge in [-0.25, -0.2) is 8.78 Å². The molecule has 1 saturated heterocycles. The van der Waals surface area contributed by atoms with Gasteiger partial charge in [0, 0.05) is 24.7 Å². The Hall–Kier alpha value is -1.00. The number of benzene rings is 1. The normalized spacial score (nSPS) is 24.6. The van der Waals surface area contributed by atoms with Gasteiger partial charge in [0.25, 0.3) is 0 Å². The molecule has 1 fully saturated rings. The standard InChI is InChI=1S/C15H22F2N2/c1-2-11-5-6-19(14(7-11)9-18)10-12-8-13(16)3-4-15(12)17/h3-4,8,11,14H,2,5-7,9-10,18H2,1H3. The van der Waals surface area contributed by atoms with Gasteiger partial charge in [-0.3, -0.25) is 4.90 Å². The molecule has 2 unspecified atom stereocenters. The van der Waals surface area contributed by atoms with E-state index in [4.69, 9.17) is 5.73 Å². The molecule has 0 spiro atoms. The van der Waals surface area contributed by atoms with Crippen LogP contribution in [0.2, 0.25) is 0 Å². The number of nitrogens with zero attached hydrogens (tertiary/aromatic N) is 1. The van der Waals surface area contributed by atoms with Crippen molar-refractivity contribution in [2.45, 2.75) is 38.8 Å². The van der Waals surface area contributed by atoms with Gasteiger partial charge in [-0.2, -0.15) is 0 Å². The molecule has 1 aromatic rings. The molecule has 106 valence electrons. The van der Waals surface area contributed by atoms with E-state index in [2.05, 4.69) is 11.8 Å². The molecule has 2 N–H and O–H groups in total. The summed E-state index contributed by atoms with van der Waals surface area (Å²) < 4.78 is 26.9. The third-order valence-electron chi connectivity index (χ3n) is 4.18. The number of rotatable bonds is 4. The first-order valence-electron chi connectivity index (χ1n) is 7.02. The van der Waals surface area contributed by atoms with Crippen molar-refractivity contribution >= 4 is 0 Å². The lowest BCUT2D eigenvalue weighted by Crippen LogP contribution is -2.46. The molecule has 2 rings (SSSR count). The van der Waals surface area contributed by atoms with Gasteiger partial charge in [0.05, 0.1) is 0 Å². The van der Waals surface area contributed by atoms with Crippen LogP contribution >= 0.6 is 0 Å². The Bertz CT molecular complexity index is 423. The van der Waals surface area contributed by atoms with Gasteiger partial charge in [-0.15, -0.1) is 0 Å². The van der Waals surface area contributed by atoms with E-state index in [1.165, 1.54) is 18.6 Å². The third-order valence-corrected chi connectivity index (χ3v) is 4.18. The molecule has 1 aliphatic rings. The van der Waals surface area contributed by atoms with E-state index in [1.807, 2.05) is 0 Å². The number of piperidine rings is 1. The van der Waals surface area contributed by atoms with Gasteiger partial charge in [0.1, 0.15) is 11.6 Å². The van der Waals surface area contributed by atoms with Gasteiger partial charge < -0.3 is 5.73 Å². The summed E-state index contributed by atoms with van der Waals surface area (Å²) in [7, 11) is 0. The van der Waals surface area contributed by atoms with Crippen molar-refractivity contribution in [3.8, 4) is 0 Å². The van der Waals surface area contributed by atoms with Crippen molar-refractivity contribution in [1.82, 2.24) is 4.90 Å². The predicted octanol–water partition coefficient (Wildman–Crippen LogP) is 2.91. The van der Waals surface area contributed by atoms with Crippen LogP contribution < -0.4 is 5.73 Å². The maximum Gasteiger partial charge on any atom is 0.127 e. The van der Waals surface area contributed by atoms with Crippen LogP contribution in [0.25, 0.3) is 0 Å². The van der Waals surface area contributed by atoms with Crippen LogP contribution in [0.5, 0.6) is 0 Å². The van der Waals surface area contributed by atoms with E-state index in [1.54, 1.807) is 0 Å². The van der Waals surface area contributed by atoms with Crippen LogP contribution in [0.15, 0.2) is 18.2 Å². The lowest BCUT2D eigenvalue weighted by Gasteiger charge is -2.38. The van der Waals surface area contributed by atoms with Crippen LogP contribution in [0, 0.1) is 17.6 Å². The number of hydrogen-bond acceptors (Lipinski definition) is 2. The minimum Gasteiger partial charge on any atom is -0.329 e. The molecule has 2 nitrogen and oxygen atoms in total. The van der Waals surface area contributed by atoms with E-state index in [-0.39, 0.29) is 17.7 Å². The Morgan fingerprint density at radius 1 is 1.37 bits per heavy atom. The second-order valence-electron chi connectivity index (χ2n) is 5.39. The molecule has 1 aliphatic heterocycles.